The highest BCUT2D eigenvalue weighted by atomic mass is 19.4. The maximum absolute atomic E-state index is 12.9. The SMILES string of the molecule is O=[N+]([O-])c1ccc(CN2CC3CN(c4cccc(C(F)(F)F)c4)CC3C2)o1. The molecule has 2 aliphatic rings. The van der Waals surface area contributed by atoms with Crippen molar-refractivity contribution < 1.29 is 22.5 Å². The molecule has 2 fully saturated rings. The lowest BCUT2D eigenvalue weighted by Crippen LogP contribution is -2.28. The first kappa shape index (κ1) is 17.8. The molecule has 2 atom stereocenters. The lowest BCUT2D eigenvalue weighted by molar-refractivity contribution is -0.402. The van der Waals surface area contributed by atoms with E-state index in [1.165, 1.54) is 18.2 Å². The van der Waals surface area contributed by atoms with Gasteiger partial charge in [0.1, 0.15) is 10.7 Å². The van der Waals surface area contributed by atoms with Crippen LogP contribution in [0.25, 0.3) is 0 Å². The Labute approximate surface area is 153 Å². The third-order valence-electron chi connectivity index (χ3n) is 5.31. The second-order valence-electron chi connectivity index (χ2n) is 7.16. The molecule has 144 valence electrons. The topological polar surface area (TPSA) is 62.8 Å². The third kappa shape index (κ3) is 3.64. The minimum absolute atomic E-state index is 0.264. The van der Waals surface area contributed by atoms with E-state index in [1.54, 1.807) is 12.1 Å². The highest BCUT2D eigenvalue weighted by molar-refractivity contribution is 5.50. The summed E-state index contributed by atoms with van der Waals surface area (Å²) in [6.45, 7) is 3.52. The van der Waals surface area contributed by atoms with Crippen LogP contribution < -0.4 is 4.90 Å². The van der Waals surface area contributed by atoms with Crippen molar-refractivity contribution in [1.82, 2.24) is 4.90 Å². The average Bonchev–Trinajstić information content (AvgIpc) is 3.29. The number of likely N-dealkylation sites (tertiary alicyclic amines) is 1. The number of hydrogen-bond acceptors (Lipinski definition) is 5. The quantitative estimate of drug-likeness (QED) is 0.596. The molecule has 2 aromatic rings. The monoisotopic (exact) mass is 381 g/mol. The minimum atomic E-state index is -4.34. The van der Waals surface area contributed by atoms with Crippen molar-refractivity contribution in [2.24, 2.45) is 11.8 Å². The second kappa shape index (κ2) is 6.56. The van der Waals surface area contributed by atoms with Crippen molar-refractivity contribution in [1.29, 1.82) is 0 Å². The zero-order valence-corrected chi connectivity index (χ0v) is 14.4. The summed E-state index contributed by atoms with van der Waals surface area (Å²) >= 11 is 0. The lowest BCUT2D eigenvalue weighted by atomic mass is 10.0. The number of anilines is 1. The fourth-order valence-electron chi connectivity index (χ4n) is 4.08. The van der Waals surface area contributed by atoms with Gasteiger partial charge in [0.15, 0.2) is 0 Å². The second-order valence-corrected chi connectivity index (χ2v) is 7.16. The standard InChI is InChI=1S/C18H18F3N3O3/c19-18(20,21)14-2-1-3-15(6-14)23-9-12-7-22(8-13(12)10-23)11-16-4-5-17(27-16)24(25)26/h1-6,12-13H,7-11H2. The van der Waals surface area contributed by atoms with E-state index in [4.69, 9.17) is 4.42 Å². The van der Waals surface area contributed by atoms with E-state index in [9.17, 15) is 23.3 Å². The molecule has 3 heterocycles. The molecule has 2 unspecified atom stereocenters. The number of nitrogens with zero attached hydrogens (tertiary/aromatic N) is 3. The van der Waals surface area contributed by atoms with Gasteiger partial charge in [0.2, 0.25) is 0 Å². The van der Waals surface area contributed by atoms with Gasteiger partial charge in [-0.15, -0.1) is 0 Å². The normalized spacial score (nSPS) is 23.0. The van der Waals surface area contributed by atoms with E-state index in [1.807, 2.05) is 4.90 Å². The highest BCUT2D eigenvalue weighted by Crippen LogP contribution is 2.37. The summed E-state index contributed by atoms with van der Waals surface area (Å²) in [5.74, 6) is 1.02. The summed E-state index contributed by atoms with van der Waals surface area (Å²) < 4.78 is 44.0. The molecule has 0 saturated carbocycles. The Hall–Kier alpha value is -2.55. The number of nitro groups is 1. The molecule has 2 aliphatic heterocycles. The van der Waals surface area contributed by atoms with E-state index >= 15 is 0 Å². The fraction of sp³-hybridized carbons (Fsp3) is 0.444. The van der Waals surface area contributed by atoms with Crippen LogP contribution >= 0.6 is 0 Å². The molecule has 0 spiro atoms. The van der Waals surface area contributed by atoms with Crippen molar-refractivity contribution in [2.75, 3.05) is 31.1 Å². The lowest BCUT2D eigenvalue weighted by Gasteiger charge is -2.23. The molecule has 0 N–H and O–H groups in total. The zero-order valence-electron chi connectivity index (χ0n) is 14.4. The van der Waals surface area contributed by atoms with E-state index in [0.717, 1.165) is 19.2 Å². The number of furan rings is 1. The predicted octanol–water partition coefficient (Wildman–Crippen LogP) is 3.77. The van der Waals surface area contributed by atoms with Crippen molar-refractivity contribution in [3.8, 4) is 0 Å². The van der Waals surface area contributed by atoms with Crippen LogP contribution in [-0.4, -0.2) is 36.0 Å². The van der Waals surface area contributed by atoms with E-state index in [2.05, 4.69) is 4.90 Å². The van der Waals surface area contributed by atoms with Crippen LogP contribution in [0, 0.1) is 22.0 Å². The number of benzene rings is 1. The third-order valence-corrected chi connectivity index (χ3v) is 5.31. The molecule has 2 saturated heterocycles. The molecule has 0 aliphatic carbocycles. The van der Waals surface area contributed by atoms with Gasteiger partial charge in [-0.25, -0.2) is 0 Å². The average molecular weight is 381 g/mol. The zero-order chi connectivity index (χ0) is 19.2. The van der Waals surface area contributed by atoms with Crippen molar-refractivity contribution in [3.63, 3.8) is 0 Å². The predicted molar refractivity (Wildman–Crippen MR) is 91.3 cm³/mol. The molecule has 1 aromatic carbocycles. The van der Waals surface area contributed by atoms with Gasteiger partial charge in [-0.1, -0.05) is 6.07 Å². The molecule has 0 radical (unpaired) electrons. The smallest absolute Gasteiger partial charge is 0.404 e. The Bertz CT molecular complexity index is 838. The number of alkyl halides is 3. The summed E-state index contributed by atoms with van der Waals surface area (Å²) in [6.07, 6.45) is -4.34. The van der Waals surface area contributed by atoms with Crippen LogP contribution in [-0.2, 0) is 12.7 Å². The van der Waals surface area contributed by atoms with Crippen LogP contribution in [0.5, 0.6) is 0 Å². The van der Waals surface area contributed by atoms with Crippen molar-refractivity contribution in [2.45, 2.75) is 12.7 Å². The van der Waals surface area contributed by atoms with Crippen LogP contribution in [0.2, 0.25) is 0 Å². The van der Waals surface area contributed by atoms with Gasteiger partial charge in [-0.05, 0) is 36.1 Å². The maximum Gasteiger partial charge on any atom is 0.433 e. The van der Waals surface area contributed by atoms with Crippen molar-refractivity contribution in [3.05, 3.63) is 57.8 Å². The molecule has 4 rings (SSSR count). The van der Waals surface area contributed by atoms with Crippen LogP contribution in [0.15, 0.2) is 40.8 Å². The van der Waals surface area contributed by atoms with Gasteiger partial charge in [-0.2, -0.15) is 13.2 Å². The van der Waals surface area contributed by atoms with E-state index in [-0.39, 0.29) is 5.88 Å². The molecule has 1 aromatic heterocycles. The molecule has 9 heteroatoms. The van der Waals surface area contributed by atoms with Crippen LogP contribution in [0.1, 0.15) is 11.3 Å². The molecule has 6 nitrogen and oxygen atoms in total. The van der Waals surface area contributed by atoms with Crippen LogP contribution in [0.3, 0.4) is 0 Å². The summed E-state index contributed by atoms with van der Waals surface area (Å²) in [5.41, 5.74) is -0.0227. The van der Waals surface area contributed by atoms with E-state index < -0.39 is 16.7 Å². The summed E-state index contributed by atoms with van der Waals surface area (Å²) in [5, 5.41) is 10.7. The number of hydrogen-bond donors (Lipinski definition) is 0. The van der Waals surface area contributed by atoms with Gasteiger partial charge in [0, 0.05) is 31.9 Å². The molecular formula is C18H18F3N3O3. The summed E-state index contributed by atoms with van der Waals surface area (Å²) in [6, 6.07) is 8.42. The Kier molecular flexibility index (Phi) is 4.33. The number of halogens is 3. The van der Waals surface area contributed by atoms with Gasteiger partial charge in [0.05, 0.1) is 18.2 Å². The number of fused-ring (bicyclic) bond motifs is 1. The van der Waals surface area contributed by atoms with Crippen molar-refractivity contribution >= 4 is 11.6 Å². The largest absolute Gasteiger partial charge is 0.433 e. The van der Waals surface area contributed by atoms with Gasteiger partial charge in [0.25, 0.3) is 0 Å². The molecular weight excluding hydrogens is 363 g/mol. The van der Waals surface area contributed by atoms with E-state index in [0.29, 0.717) is 42.9 Å². The first-order chi connectivity index (χ1) is 12.8. The van der Waals surface area contributed by atoms with Gasteiger partial charge >= 0.3 is 12.1 Å². The summed E-state index contributed by atoms with van der Waals surface area (Å²) in [7, 11) is 0. The Morgan fingerprint density at radius 1 is 1.11 bits per heavy atom. The first-order valence-corrected chi connectivity index (χ1v) is 8.67. The first-order valence-electron chi connectivity index (χ1n) is 8.67. The highest BCUT2D eigenvalue weighted by Gasteiger charge is 2.40. The number of rotatable bonds is 4. The molecule has 0 bridgehead atoms. The maximum atomic E-state index is 12.9. The Morgan fingerprint density at radius 3 is 2.41 bits per heavy atom. The van der Waals surface area contributed by atoms with Gasteiger partial charge < -0.3 is 9.32 Å². The Morgan fingerprint density at radius 2 is 1.81 bits per heavy atom. The summed E-state index contributed by atoms with van der Waals surface area (Å²) in [4.78, 5) is 14.3. The van der Waals surface area contributed by atoms with Gasteiger partial charge in [-0.3, -0.25) is 15.0 Å². The van der Waals surface area contributed by atoms with Crippen LogP contribution in [0.4, 0.5) is 24.7 Å². The fourth-order valence-corrected chi connectivity index (χ4v) is 4.08. The Balaban J connectivity index is 1.37. The molecule has 0 amide bonds. The molecule has 27 heavy (non-hydrogen) atoms. The minimum Gasteiger partial charge on any atom is -0.404 e.